The second kappa shape index (κ2) is 5.00. The van der Waals surface area contributed by atoms with Gasteiger partial charge in [-0.2, -0.15) is 5.10 Å². The smallest absolute Gasteiger partial charge is 0.173 e. The van der Waals surface area contributed by atoms with Crippen LogP contribution in [0, 0.1) is 5.41 Å². The Labute approximate surface area is 102 Å². The zero-order valence-electron chi connectivity index (χ0n) is 10.5. The summed E-state index contributed by atoms with van der Waals surface area (Å²) in [4.78, 5) is 12.5. The molecule has 1 aliphatic carbocycles. The maximum atomic E-state index is 12.5. The normalized spacial score (nSPS) is 19.2. The Morgan fingerprint density at radius 1 is 1.47 bits per heavy atom. The molecule has 0 amide bonds. The number of hydrogen-bond donors (Lipinski definition) is 1. The van der Waals surface area contributed by atoms with Crippen LogP contribution in [-0.4, -0.2) is 22.1 Å². The number of aromatic nitrogens is 2. The number of nitrogens with two attached hydrogens (primary N) is 1. The molecule has 1 saturated carbocycles. The molecule has 1 aromatic rings. The van der Waals surface area contributed by atoms with E-state index in [1.54, 1.807) is 10.9 Å². The van der Waals surface area contributed by atoms with Crippen LogP contribution in [0.1, 0.15) is 49.4 Å². The number of Topliss-reactive ketones (excluding diaryl/α,β-unsaturated/α-hetero) is 1. The summed E-state index contributed by atoms with van der Waals surface area (Å²) >= 11 is 0. The number of rotatable bonds is 4. The van der Waals surface area contributed by atoms with Crippen molar-refractivity contribution < 1.29 is 4.79 Å². The molecule has 17 heavy (non-hydrogen) atoms. The molecule has 4 heteroatoms. The maximum absolute atomic E-state index is 12.5. The summed E-state index contributed by atoms with van der Waals surface area (Å²) in [6.07, 6.45) is 8.84. The van der Waals surface area contributed by atoms with Crippen molar-refractivity contribution in [3.63, 3.8) is 0 Å². The van der Waals surface area contributed by atoms with E-state index in [1.165, 1.54) is 6.42 Å². The minimum atomic E-state index is -0.320. The predicted molar refractivity (Wildman–Crippen MR) is 66.8 cm³/mol. The van der Waals surface area contributed by atoms with Gasteiger partial charge in [0.05, 0.1) is 11.8 Å². The molecule has 0 unspecified atom stereocenters. The third-order valence-corrected chi connectivity index (χ3v) is 3.90. The van der Waals surface area contributed by atoms with Crippen molar-refractivity contribution in [1.29, 1.82) is 0 Å². The standard InChI is InChI=1S/C13H21N3O/c1-2-16-9-11(8-15-16)12(17)13(10-14)6-4-3-5-7-13/h8-9H,2-7,10,14H2,1H3. The summed E-state index contributed by atoms with van der Waals surface area (Å²) in [6, 6.07) is 0. The van der Waals surface area contributed by atoms with E-state index in [-0.39, 0.29) is 11.2 Å². The van der Waals surface area contributed by atoms with Gasteiger partial charge in [-0.15, -0.1) is 0 Å². The van der Waals surface area contributed by atoms with Gasteiger partial charge in [0.15, 0.2) is 5.78 Å². The SMILES string of the molecule is CCn1cc(C(=O)C2(CN)CCCCC2)cn1. The molecule has 94 valence electrons. The molecule has 1 aliphatic rings. The molecule has 1 fully saturated rings. The Morgan fingerprint density at radius 2 is 2.18 bits per heavy atom. The fourth-order valence-electron chi connectivity index (χ4n) is 2.71. The molecule has 0 aromatic carbocycles. The van der Waals surface area contributed by atoms with E-state index >= 15 is 0 Å². The van der Waals surface area contributed by atoms with Gasteiger partial charge < -0.3 is 5.73 Å². The van der Waals surface area contributed by atoms with E-state index in [0.29, 0.717) is 6.54 Å². The Balaban J connectivity index is 2.21. The second-order valence-corrected chi connectivity index (χ2v) is 4.96. The van der Waals surface area contributed by atoms with Crippen molar-refractivity contribution in [1.82, 2.24) is 9.78 Å². The lowest BCUT2D eigenvalue weighted by Gasteiger charge is -2.34. The second-order valence-electron chi connectivity index (χ2n) is 4.96. The molecule has 0 bridgehead atoms. The van der Waals surface area contributed by atoms with Crippen LogP contribution in [0.15, 0.2) is 12.4 Å². The Hall–Kier alpha value is -1.16. The monoisotopic (exact) mass is 235 g/mol. The van der Waals surface area contributed by atoms with Crippen molar-refractivity contribution in [2.75, 3.05) is 6.54 Å². The number of ketones is 1. The highest BCUT2D eigenvalue weighted by Crippen LogP contribution is 2.38. The molecule has 0 aliphatic heterocycles. The highest BCUT2D eigenvalue weighted by Gasteiger charge is 2.38. The zero-order valence-corrected chi connectivity index (χ0v) is 10.5. The minimum absolute atomic E-state index is 0.194. The molecule has 1 aromatic heterocycles. The molecule has 0 atom stereocenters. The van der Waals surface area contributed by atoms with Crippen LogP contribution in [0.3, 0.4) is 0 Å². The Kier molecular flexibility index (Phi) is 3.62. The van der Waals surface area contributed by atoms with Crippen molar-refractivity contribution in [2.24, 2.45) is 11.1 Å². The molecule has 2 N–H and O–H groups in total. The lowest BCUT2D eigenvalue weighted by atomic mass is 9.70. The van der Waals surface area contributed by atoms with Gasteiger partial charge in [0.1, 0.15) is 0 Å². The number of hydrogen-bond acceptors (Lipinski definition) is 3. The van der Waals surface area contributed by atoms with Crippen LogP contribution in [0.25, 0.3) is 0 Å². The van der Waals surface area contributed by atoms with Crippen molar-refractivity contribution in [3.8, 4) is 0 Å². The quantitative estimate of drug-likeness (QED) is 0.812. The topological polar surface area (TPSA) is 60.9 Å². The molecule has 1 heterocycles. The predicted octanol–water partition coefficient (Wildman–Crippen LogP) is 1.99. The number of aryl methyl sites for hydroxylation is 1. The van der Waals surface area contributed by atoms with Crippen molar-refractivity contribution >= 4 is 5.78 Å². The number of nitrogens with zero attached hydrogens (tertiary/aromatic N) is 2. The molecule has 2 rings (SSSR count). The molecule has 4 nitrogen and oxygen atoms in total. The maximum Gasteiger partial charge on any atom is 0.173 e. The van der Waals surface area contributed by atoms with E-state index in [9.17, 15) is 4.79 Å². The third-order valence-electron chi connectivity index (χ3n) is 3.90. The minimum Gasteiger partial charge on any atom is -0.329 e. The van der Waals surface area contributed by atoms with E-state index in [0.717, 1.165) is 37.8 Å². The Bertz CT molecular complexity index is 391. The van der Waals surface area contributed by atoms with Crippen LogP contribution >= 0.6 is 0 Å². The average Bonchev–Trinajstić information content (AvgIpc) is 2.87. The molecular weight excluding hydrogens is 214 g/mol. The highest BCUT2D eigenvalue weighted by molar-refractivity contribution is 6.00. The number of carbonyl (C=O) groups excluding carboxylic acids is 1. The summed E-state index contributed by atoms with van der Waals surface area (Å²) in [6.45, 7) is 3.27. The van der Waals surface area contributed by atoms with Gasteiger partial charge >= 0.3 is 0 Å². The van der Waals surface area contributed by atoms with Crippen LogP contribution < -0.4 is 5.73 Å². The van der Waals surface area contributed by atoms with Gasteiger partial charge in [0, 0.05) is 24.7 Å². The van der Waals surface area contributed by atoms with Gasteiger partial charge in [0.25, 0.3) is 0 Å². The fourth-order valence-corrected chi connectivity index (χ4v) is 2.71. The van der Waals surface area contributed by atoms with E-state index in [2.05, 4.69) is 5.10 Å². The summed E-state index contributed by atoms with van der Waals surface area (Å²) in [7, 11) is 0. The first-order valence-corrected chi connectivity index (χ1v) is 6.49. The van der Waals surface area contributed by atoms with Crippen LogP contribution in [0.5, 0.6) is 0 Å². The fraction of sp³-hybridized carbons (Fsp3) is 0.692. The lowest BCUT2D eigenvalue weighted by Crippen LogP contribution is -2.40. The summed E-state index contributed by atoms with van der Waals surface area (Å²) in [5, 5.41) is 4.17. The van der Waals surface area contributed by atoms with Gasteiger partial charge in [-0.3, -0.25) is 9.48 Å². The molecular formula is C13H21N3O. The van der Waals surface area contributed by atoms with Crippen LogP contribution in [0.2, 0.25) is 0 Å². The summed E-state index contributed by atoms with van der Waals surface area (Å²) in [5.74, 6) is 0.194. The average molecular weight is 235 g/mol. The van der Waals surface area contributed by atoms with Gasteiger partial charge in [-0.1, -0.05) is 19.3 Å². The Morgan fingerprint density at radius 3 is 2.71 bits per heavy atom. The highest BCUT2D eigenvalue weighted by atomic mass is 16.1. The largest absolute Gasteiger partial charge is 0.329 e. The molecule has 0 saturated heterocycles. The summed E-state index contributed by atoms with van der Waals surface area (Å²) < 4.78 is 1.79. The van der Waals surface area contributed by atoms with Gasteiger partial charge in [-0.05, 0) is 19.8 Å². The molecule has 0 spiro atoms. The first kappa shape index (κ1) is 12.3. The van der Waals surface area contributed by atoms with Gasteiger partial charge in [-0.25, -0.2) is 0 Å². The van der Waals surface area contributed by atoms with E-state index in [1.807, 2.05) is 13.1 Å². The first-order chi connectivity index (χ1) is 8.22. The first-order valence-electron chi connectivity index (χ1n) is 6.49. The van der Waals surface area contributed by atoms with Gasteiger partial charge in [0.2, 0.25) is 0 Å². The van der Waals surface area contributed by atoms with Crippen LogP contribution in [-0.2, 0) is 6.54 Å². The lowest BCUT2D eigenvalue weighted by molar-refractivity contribution is 0.0729. The van der Waals surface area contributed by atoms with E-state index < -0.39 is 0 Å². The van der Waals surface area contributed by atoms with Crippen molar-refractivity contribution in [3.05, 3.63) is 18.0 Å². The van der Waals surface area contributed by atoms with Crippen LogP contribution in [0.4, 0.5) is 0 Å². The summed E-state index contributed by atoms with van der Waals surface area (Å²) in [5.41, 5.74) is 6.27. The van der Waals surface area contributed by atoms with Crippen molar-refractivity contribution in [2.45, 2.75) is 45.6 Å². The molecule has 0 radical (unpaired) electrons. The van der Waals surface area contributed by atoms with E-state index in [4.69, 9.17) is 5.73 Å². The third kappa shape index (κ3) is 2.27. The number of carbonyl (C=O) groups is 1. The zero-order chi connectivity index (χ0) is 12.3.